The number of aromatic nitrogens is 4. The van der Waals surface area contributed by atoms with Gasteiger partial charge in [-0.2, -0.15) is 4.98 Å². The molecule has 0 aliphatic carbocycles. The van der Waals surface area contributed by atoms with Crippen molar-refractivity contribution in [1.82, 2.24) is 24.8 Å². The maximum absolute atomic E-state index is 12.8. The molecule has 2 fully saturated rings. The average molecular weight is 518 g/mol. The van der Waals surface area contributed by atoms with Gasteiger partial charge in [-0.3, -0.25) is 4.79 Å². The quantitative estimate of drug-likeness (QED) is 0.509. The maximum atomic E-state index is 12.8. The lowest BCUT2D eigenvalue weighted by molar-refractivity contribution is -0.0893. The number of nitrogens with zero attached hydrogens (tertiary/aromatic N) is 5. The molecule has 0 amide bonds. The van der Waals surface area contributed by atoms with Crippen LogP contribution in [0.4, 0.5) is 23.3 Å². The minimum absolute atomic E-state index is 0.0725. The topological polar surface area (TPSA) is 106 Å². The molecule has 0 bridgehead atoms. The third kappa shape index (κ3) is 4.36. The minimum Gasteiger partial charge on any atom is -0.379 e. The largest absolute Gasteiger partial charge is 0.379 e. The molecule has 3 aliphatic heterocycles. The molecule has 3 aliphatic rings. The second-order valence-corrected chi connectivity index (χ2v) is 11.3. The van der Waals surface area contributed by atoms with Gasteiger partial charge < -0.3 is 29.6 Å². The van der Waals surface area contributed by atoms with Crippen molar-refractivity contribution in [3.8, 4) is 0 Å². The maximum Gasteiger partial charge on any atom is 0.252 e. The van der Waals surface area contributed by atoms with Crippen LogP contribution in [0.1, 0.15) is 50.9 Å². The smallest absolute Gasteiger partial charge is 0.252 e. The third-order valence-electron chi connectivity index (χ3n) is 8.01. The highest BCUT2D eigenvalue weighted by atomic mass is 16.5. The summed E-state index contributed by atoms with van der Waals surface area (Å²) in [5, 5.41) is 6.44. The molecule has 0 unspecified atom stereocenters. The summed E-state index contributed by atoms with van der Waals surface area (Å²) in [4.78, 5) is 29.7. The number of pyridine rings is 2. The number of anilines is 4. The number of rotatable bonds is 6. The van der Waals surface area contributed by atoms with Crippen LogP contribution in [-0.2, 0) is 21.4 Å². The lowest BCUT2D eigenvalue weighted by atomic mass is 9.73. The van der Waals surface area contributed by atoms with Gasteiger partial charge in [0.15, 0.2) is 0 Å². The third-order valence-corrected chi connectivity index (χ3v) is 8.01. The molecule has 3 aromatic heterocycles. The molecule has 200 valence electrons. The second-order valence-electron chi connectivity index (χ2n) is 11.3. The van der Waals surface area contributed by atoms with E-state index in [0.29, 0.717) is 38.0 Å². The summed E-state index contributed by atoms with van der Waals surface area (Å²) in [7, 11) is 1.92. The summed E-state index contributed by atoms with van der Waals surface area (Å²) in [5.41, 5.74) is 2.03. The van der Waals surface area contributed by atoms with Gasteiger partial charge in [-0.05, 0) is 51.9 Å². The standard InChI is InChI=1S/C28H35N7O3/c1-27(2)13-22-28(3,17-38-27)21-15-30-26(32-18-8-10-34(24(36)12-18)20-9-11-37-16-20)33-25(21)35(22)23-7-5-6-19(31-23)14-29-4/h5-8,10,12,15,20,22,29H,9,11,13-14,16-17H2,1-4H3,(H,30,32,33)/t20-,22+,28+/m0/s1. The van der Waals surface area contributed by atoms with Crippen LogP contribution in [0.15, 0.2) is 47.5 Å². The fourth-order valence-electron chi connectivity index (χ4n) is 5.88. The highest BCUT2D eigenvalue weighted by Crippen LogP contribution is 2.52. The molecule has 0 aromatic carbocycles. The van der Waals surface area contributed by atoms with E-state index in [1.54, 1.807) is 10.6 Å². The fourth-order valence-corrected chi connectivity index (χ4v) is 5.88. The van der Waals surface area contributed by atoms with E-state index in [2.05, 4.69) is 41.3 Å². The van der Waals surface area contributed by atoms with Gasteiger partial charge >= 0.3 is 0 Å². The van der Waals surface area contributed by atoms with Crippen LogP contribution in [0, 0.1) is 0 Å². The molecule has 2 saturated heterocycles. The van der Waals surface area contributed by atoms with E-state index in [1.165, 1.54) is 0 Å². The van der Waals surface area contributed by atoms with Gasteiger partial charge in [0, 0.05) is 48.3 Å². The lowest BCUT2D eigenvalue weighted by Gasteiger charge is -2.46. The van der Waals surface area contributed by atoms with Gasteiger partial charge in [-0.15, -0.1) is 0 Å². The summed E-state index contributed by atoms with van der Waals surface area (Å²) in [6, 6.07) is 9.78. The predicted octanol–water partition coefficient (Wildman–Crippen LogP) is 3.43. The number of hydrogen-bond acceptors (Lipinski definition) is 9. The molecular weight excluding hydrogens is 482 g/mol. The van der Waals surface area contributed by atoms with Gasteiger partial charge in [0.05, 0.1) is 36.6 Å². The summed E-state index contributed by atoms with van der Waals surface area (Å²) in [6.07, 6.45) is 5.38. The van der Waals surface area contributed by atoms with Gasteiger partial charge in [-0.25, -0.2) is 9.97 Å². The van der Waals surface area contributed by atoms with Crippen molar-refractivity contribution >= 4 is 23.3 Å². The summed E-state index contributed by atoms with van der Waals surface area (Å²) >= 11 is 0. The Hall–Kier alpha value is -3.34. The molecule has 3 aromatic rings. The molecule has 2 N–H and O–H groups in total. The van der Waals surface area contributed by atoms with Crippen molar-refractivity contribution in [3.05, 3.63) is 64.3 Å². The van der Waals surface area contributed by atoms with Crippen LogP contribution < -0.4 is 21.1 Å². The Morgan fingerprint density at radius 3 is 2.82 bits per heavy atom. The fraction of sp³-hybridized carbons (Fsp3) is 0.500. The van der Waals surface area contributed by atoms with Crippen LogP contribution in [0.25, 0.3) is 0 Å². The highest BCUT2D eigenvalue weighted by Gasteiger charge is 2.55. The molecular formula is C28H35N7O3. The Morgan fingerprint density at radius 1 is 1.18 bits per heavy atom. The van der Waals surface area contributed by atoms with Crippen molar-refractivity contribution in [1.29, 1.82) is 0 Å². The first-order valence-corrected chi connectivity index (χ1v) is 13.3. The summed E-state index contributed by atoms with van der Waals surface area (Å²) in [5.74, 6) is 2.11. The molecule has 10 nitrogen and oxygen atoms in total. The number of ether oxygens (including phenoxy) is 2. The monoisotopic (exact) mass is 517 g/mol. The van der Waals surface area contributed by atoms with E-state index in [-0.39, 0.29) is 28.7 Å². The van der Waals surface area contributed by atoms with E-state index in [9.17, 15) is 4.79 Å². The minimum atomic E-state index is -0.284. The van der Waals surface area contributed by atoms with Gasteiger partial charge in [0.1, 0.15) is 11.6 Å². The molecule has 0 saturated carbocycles. The van der Waals surface area contributed by atoms with Crippen molar-refractivity contribution < 1.29 is 9.47 Å². The molecule has 0 radical (unpaired) electrons. The zero-order chi connectivity index (χ0) is 26.5. The first-order chi connectivity index (χ1) is 18.3. The van der Waals surface area contributed by atoms with Crippen LogP contribution in [0.3, 0.4) is 0 Å². The molecule has 6 rings (SSSR count). The zero-order valence-corrected chi connectivity index (χ0v) is 22.4. The lowest BCUT2D eigenvalue weighted by Crippen LogP contribution is -2.54. The van der Waals surface area contributed by atoms with E-state index < -0.39 is 0 Å². The SMILES string of the molecule is CNCc1cccc(N2c3nc(Nc4ccn([C@H]5CCOC5)c(=O)c4)ncc3[C@@]3(C)COC(C)(C)C[C@@H]23)n1. The first kappa shape index (κ1) is 25.0. The highest BCUT2D eigenvalue weighted by molar-refractivity contribution is 5.71. The van der Waals surface area contributed by atoms with Crippen molar-refractivity contribution in [2.45, 2.75) is 63.3 Å². The Labute approximate surface area is 222 Å². The Morgan fingerprint density at radius 2 is 2.05 bits per heavy atom. The molecule has 10 heteroatoms. The van der Waals surface area contributed by atoms with Crippen LogP contribution >= 0.6 is 0 Å². The van der Waals surface area contributed by atoms with Gasteiger partial charge in [0.25, 0.3) is 5.56 Å². The Kier molecular flexibility index (Phi) is 6.20. The van der Waals surface area contributed by atoms with Crippen LogP contribution in [0.5, 0.6) is 0 Å². The van der Waals surface area contributed by atoms with Crippen LogP contribution in [0.2, 0.25) is 0 Å². The van der Waals surface area contributed by atoms with E-state index in [0.717, 1.165) is 35.7 Å². The summed E-state index contributed by atoms with van der Waals surface area (Å²) < 4.78 is 13.5. The normalized spacial score (nSPS) is 25.7. The van der Waals surface area contributed by atoms with Crippen molar-refractivity contribution in [3.63, 3.8) is 0 Å². The molecule has 38 heavy (non-hydrogen) atoms. The first-order valence-electron chi connectivity index (χ1n) is 13.3. The predicted molar refractivity (Wildman–Crippen MR) is 145 cm³/mol. The van der Waals surface area contributed by atoms with Gasteiger partial charge in [0.2, 0.25) is 5.95 Å². The molecule has 6 heterocycles. The second kappa shape index (κ2) is 9.44. The Balaban J connectivity index is 1.37. The van der Waals surface area contributed by atoms with E-state index in [4.69, 9.17) is 19.4 Å². The van der Waals surface area contributed by atoms with Crippen LogP contribution in [-0.4, -0.2) is 58.0 Å². The average Bonchev–Trinajstić information content (AvgIpc) is 3.49. The van der Waals surface area contributed by atoms with E-state index >= 15 is 0 Å². The number of hydrogen-bond donors (Lipinski definition) is 2. The zero-order valence-electron chi connectivity index (χ0n) is 22.4. The molecule has 0 spiro atoms. The number of fused-ring (bicyclic) bond motifs is 3. The van der Waals surface area contributed by atoms with Crippen molar-refractivity contribution in [2.24, 2.45) is 0 Å². The number of nitrogens with one attached hydrogen (secondary N) is 2. The molecule has 3 atom stereocenters. The van der Waals surface area contributed by atoms with Gasteiger partial charge in [-0.1, -0.05) is 13.0 Å². The Bertz CT molecular complexity index is 1400. The van der Waals surface area contributed by atoms with Crippen molar-refractivity contribution in [2.75, 3.05) is 37.1 Å². The summed E-state index contributed by atoms with van der Waals surface area (Å²) in [6.45, 7) is 9.01. The van der Waals surface area contributed by atoms with E-state index in [1.807, 2.05) is 43.7 Å².